The third-order valence-electron chi connectivity index (χ3n) is 4.19. The van der Waals surface area contributed by atoms with Crippen molar-refractivity contribution >= 4 is 0 Å². The molecule has 2 heterocycles. The summed E-state index contributed by atoms with van der Waals surface area (Å²) < 4.78 is 6.10. The summed E-state index contributed by atoms with van der Waals surface area (Å²) in [6, 6.07) is 0. The van der Waals surface area contributed by atoms with Crippen LogP contribution in [0.15, 0.2) is 11.6 Å². The summed E-state index contributed by atoms with van der Waals surface area (Å²) >= 11 is 0. The predicted molar refractivity (Wildman–Crippen MR) is 76.9 cm³/mol. The van der Waals surface area contributed by atoms with Crippen molar-refractivity contribution in [1.29, 1.82) is 0 Å². The Morgan fingerprint density at radius 1 is 1.39 bits per heavy atom. The molecule has 104 valence electrons. The van der Waals surface area contributed by atoms with Crippen LogP contribution >= 0.6 is 0 Å². The molecule has 0 bridgehead atoms. The van der Waals surface area contributed by atoms with Gasteiger partial charge in [0.05, 0.1) is 12.2 Å². The second kappa shape index (κ2) is 5.34. The van der Waals surface area contributed by atoms with Gasteiger partial charge in [0.25, 0.3) is 0 Å². The molecule has 2 nitrogen and oxygen atoms in total. The number of allylic oxidation sites excluding steroid dienone is 1. The van der Waals surface area contributed by atoms with E-state index in [1.54, 1.807) is 5.57 Å². The quantitative estimate of drug-likeness (QED) is 0.705. The Kier molecular flexibility index (Phi) is 4.18. The molecule has 2 heteroatoms. The highest BCUT2D eigenvalue weighted by Crippen LogP contribution is 2.42. The molecule has 0 spiro atoms. The summed E-state index contributed by atoms with van der Waals surface area (Å²) in [6.07, 6.45) is 8.86. The van der Waals surface area contributed by atoms with E-state index in [0.717, 1.165) is 6.61 Å². The van der Waals surface area contributed by atoms with Gasteiger partial charge >= 0.3 is 0 Å². The lowest BCUT2D eigenvalue weighted by atomic mass is 9.92. The monoisotopic (exact) mass is 251 g/mol. The maximum Gasteiger partial charge on any atom is 0.0660 e. The van der Waals surface area contributed by atoms with Crippen molar-refractivity contribution in [3.05, 3.63) is 11.6 Å². The molecule has 0 aromatic rings. The van der Waals surface area contributed by atoms with Crippen molar-refractivity contribution in [3.63, 3.8) is 0 Å². The first-order chi connectivity index (χ1) is 8.45. The van der Waals surface area contributed by atoms with Crippen LogP contribution in [-0.2, 0) is 4.74 Å². The van der Waals surface area contributed by atoms with Crippen LogP contribution in [0.2, 0.25) is 0 Å². The molecular weight excluding hydrogens is 222 g/mol. The van der Waals surface area contributed by atoms with Crippen molar-refractivity contribution in [3.8, 4) is 0 Å². The first-order valence-electron chi connectivity index (χ1n) is 7.52. The Balaban J connectivity index is 2.01. The Morgan fingerprint density at radius 3 is 2.83 bits per heavy atom. The van der Waals surface area contributed by atoms with Gasteiger partial charge in [0.15, 0.2) is 0 Å². The maximum atomic E-state index is 6.10. The van der Waals surface area contributed by atoms with E-state index in [1.165, 1.54) is 45.2 Å². The SMILES string of the molecule is CCC/C=C1\CN2CCCC2(COC(C)(C)C)C1. The molecule has 0 aromatic carbocycles. The molecule has 0 N–H and O–H groups in total. The first kappa shape index (κ1) is 14.1. The molecule has 2 aliphatic heterocycles. The second-order valence-corrected chi connectivity index (χ2v) is 6.98. The fraction of sp³-hybridized carbons (Fsp3) is 0.875. The molecule has 2 saturated heterocycles. The van der Waals surface area contributed by atoms with Gasteiger partial charge in [0.1, 0.15) is 0 Å². The zero-order valence-corrected chi connectivity index (χ0v) is 12.6. The van der Waals surface area contributed by atoms with Gasteiger partial charge in [-0.2, -0.15) is 0 Å². The molecule has 2 aliphatic rings. The zero-order chi connectivity index (χ0) is 13.2. The van der Waals surface area contributed by atoms with Crippen LogP contribution in [0.25, 0.3) is 0 Å². The van der Waals surface area contributed by atoms with Gasteiger partial charge in [0, 0.05) is 12.1 Å². The molecule has 1 atom stereocenters. The van der Waals surface area contributed by atoms with Crippen LogP contribution in [0.3, 0.4) is 0 Å². The van der Waals surface area contributed by atoms with Crippen molar-refractivity contribution in [1.82, 2.24) is 4.90 Å². The molecule has 18 heavy (non-hydrogen) atoms. The largest absolute Gasteiger partial charge is 0.374 e. The van der Waals surface area contributed by atoms with E-state index in [1.807, 2.05) is 0 Å². The molecule has 2 fully saturated rings. The average Bonchev–Trinajstić information content (AvgIpc) is 2.79. The van der Waals surface area contributed by atoms with Crippen LogP contribution in [-0.4, -0.2) is 35.7 Å². The minimum Gasteiger partial charge on any atom is -0.374 e. The fourth-order valence-corrected chi connectivity index (χ4v) is 3.22. The van der Waals surface area contributed by atoms with E-state index in [9.17, 15) is 0 Å². The molecule has 2 rings (SSSR count). The number of unbranched alkanes of at least 4 members (excludes halogenated alkanes) is 1. The Bertz CT molecular complexity index is 316. The molecule has 0 saturated carbocycles. The van der Waals surface area contributed by atoms with Gasteiger partial charge in [-0.15, -0.1) is 0 Å². The number of rotatable bonds is 4. The molecule has 1 unspecified atom stereocenters. The Morgan fingerprint density at radius 2 is 2.17 bits per heavy atom. The Labute approximate surface area is 112 Å². The van der Waals surface area contributed by atoms with Gasteiger partial charge < -0.3 is 4.74 Å². The normalized spacial score (nSPS) is 31.2. The van der Waals surface area contributed by atoms with Crippen molar-refractivity contribution in [2.75, 3.05) is 19.7 Å². The third-order valence-corrected chi connectivity index (χ3v) is 4.19. The van der Waals surface area contributed by atoms with E-state index < -0.39 is 0 Å². The number of hydrogen-bond donors (Lipinski definition) is 0. The van der Waals surface area contributed by atoms with E-state index in [0.29, 0.717) is 5.54 Å². The lowest BCUT2D eigenvalue weighted by Gasteiger charge is -2.34. The molecule has 0 aromatic heterocycles. The molecule has 0 amide bonds. The number of hydrogen-bond acceptors (Lipinski definition) is 2. The lowest BCUT2D eigenvalue weighted by molar-refractivity contribution is -0.0520. The highest BCUT2D eigenvalue weighted by Gasteiger charge is 2.46. The van der Waals surface area contributed by atoms with E-state index in [-0.39, 0.29) is 5.60 Å². The fourth-order valence-electron chi connectivity index (χ4n) is 3.22. The summed E-state index contributed by atoms with van der Waals surface area (Å²) in [7, 11) is 0. The van der Waals surface area contributed by atoms with Crippen molar-refractivity contribution in [2.24, 2.45) is 0 Å². The van der Waals surface area contributed by atoms with E-state index >= 15 is 0 Å². The van der Waals surface area contributed by atoms with E-state index in [2.05, 4.69) is 38.7 Å². The highest BCUT2D eigenvalue weighted by atomic mass is 16.5. The first-order valence-corrected chi connectivity index (χ1v) is 7.52. The van der Waals surface area contributed by atoms with Crippen LogP contribution in [0.1, 0.15) is 59.8 Å². The summed E-state index contributed by atoms with van der Waals surface area (Å²) in [6.45, 7) is 12.1. The number of nitrogens with zero attached hydrogens (tertiary/aromatic N) is 1. The Hall–Kier alpha value is -0.340. The smallest absolute Gasteiger partial charge is 0.0660 e. The highest BCUT2D eigenvalue weighted by molar-refractivity contribution is 5.20. The van der Waals surface area contributed by atoms with Gasteiger partial charge in [0.2, 0.25) is 0 Å². The summed E-state index contributed by atoms with van der Waals surface area (Å²) in [5.41, 5.74) is 1.96. The second-order valence-electron chi connectivity index (χ2n) is 6.98. The molecular formula is C16H29NO. The standard InChI is InChI=1S/C16H29NO/c1-5-6-8-14-11-16(13-18-15(2,3)4)9-7-10-17(16)12-14/h8H,5-7,9-13H2,1-4H3/b14-8-. The zero-order valence-electron chi connectivity index (χ0n) is 12.6. The van der Waals surface area contributed by atoms with Crippen LogP contribution in [0, 0.1) is 0 Å². The summed E-state index contributed by atoms with van der Waals surface area (Å²) in [5, 5.41) is 0. The molecule has 0 aliphatic carbocycles. The van der Waals surface area contributed by atoms with Crippen molar-refractivity contribution in [2.45, 2.75) is 70.9 Å². The maximum absolute atomic E-state index is 6.10. The predicted octanol–water partition coefficient (Wildman–Crippen LogP) is 3.77. The lowest BCUT2D eigenvalue weighted by Crippen LogP contribution is -2.44. The topological polar surface area (TPSA) is 12.5 Å². The minimum absolute atomic E-state index is 0.0150. The number of ether oxygens (including phenoxy) is 1. The van der Waals surface area contributed by atoms with Crippen LogP contribution in [0.4, 0.5) is 0 Å². The minimum atomic E-state index is -0.0150. The van der Waals surface area contributed by atoms with Gasteiger partial charge in [-0.25, -0.2) is 0 Å². The number of fused-ring (bicyclic) bond motifs is 1. The van der Waals surface area contributed by atoms with E-state index in [4.69, 9.17) is 4.74 Å². The third kappa shape index (κ3) is 3.16. The van der Waals surface area contributed by atoms with Gasteiger partial charge in [-0.1, -0.05) is 25.0 Å². The summed E-state index contributed by atoms with van der Waals surface area (Å²) in [4.78, 5) is 2.67. The molecule has 0 radical (unpaired) electrons. The summed E-state index contributed by atoms with van der Waals surface area (Å²) in [5.74, 6) is 0. The van der Waals surface area contributed by atoms with Gasteiger partial charge in [-0.05, 0) is 53.0 Å². The van der Waals surface area contributed by atoms with Crippen LogP contribution in [0.5, 0.6) is 0 Å². The van der Waals surface area contributed by atoms with Crippen molar-refractivity contribution < 1.29 is 4.74 Å². The van der Waals surface area contributed by atoms with Crippen LogP contribution < -0.4 is 0 Å². The average molecular weight is 251 g/mol. The van der Waals surface area contributed by atoms with Gasteiger partial charge in [-0.3, -0.25) is 4.90 Å².